The van der Waals surface area contributed by atoms with Crippen molar-refractivity contribution in [2.75, 3.05) is 13.1 Å². The average Bonchev–Trinajstić information content (AvgIpc) is 2.99. The SMILES string of the molecule is NCC1(C(=O)NCCc2ccc(Br)s2)CCCC1. The number of amides is 1. The van der Waals surface area contributed by atoms with Gasteiger partial charge in [0, 0.05) is 18.0 Å². The summed E-state index contributed by atoms with van der Waals surface area (Å²) in [5.74, 6) is 0.151. The number of nitrogens with two attached hydrogens (primary N) is 1. The van der Waals surface area contributed by atoms with Crippen molar-refractivity contribution in [3.8, 4) is 0 Å². The van der Waals surface area contributed by atoms with Crippen molar-refractivity contribution < 1.29 is 4.79 Å². The van der Waals surface area contributed by atoms with Crippen LogP contribution in [0.1, 0.15) is 30.6 Å². The smallest absolute Gasteiger partial charge is 0.227 e. The van der Waals surface area contributed by atoms with E-state index in [2.05, 4.69) is 27.3 Å². The zero-order valence-corrected chi connectivity index (χ0v) is 12.8. The molecule has 3 nitrogen and oxygen atoms in total. The summed E-state index contributed by atoms with van der Waals surface area (Å²) in [6.45, 7) is 1.18. The van der Waals surface area contributed by atoms with Crippen molar-refractivity contribution in [1.29, 1.82) is 0 Å². The molecule has 1 fully saturated rings. The molecule has 0 bridgehead atoms. The average molecular weight is 331 g/mol. The third-order valence-electron chi connectivity index (χ3n) is 3.72. The maximum Gasteiger partial charge on any atom is 0.227 e. The minimum absolute atomic E-state index is 0.151. The molecule has 1 aliphatic rings. The maximum atomic E-state index is 12.2. The zero-order valence-electron chi connectivity index (χ0n) is 10.4. The Morgan fingerprint density at radius 1 is 1.44 bits per heavy atom. The molecule has 0 atom stereocenters. The van der Waals surface area contributed by atoms with Gasteiger partial charge in [-0.15, -0.1) is 11.3 Å². The van der Waals surface area contributed by atoms with Gasteiger partial charge in [-0.25, -0.2) is 0 Å². The lowest BCUT2D eigenvalue weighted by molar-refractivity contribution is -0.130. The molecule has 2 rings (SSSR count). The van der Waals surface area contributed by atoms with Gasteiger partial charge in [-0.3, -0.25) is 4.79 Å². The summed E-state index contributed by atoms with van der Waals surface area (Å²) in [5.41, 5.74) is 5.51. The van der Waals surface area contributed by atoms with Crippen molar-refractivity contribution in [3.05, 3.63) is 20.8 Å². The molecule has 1 aliphatic carbocycles. The molecule has 18 heavy (non-hydrogen) atoms. The van der Waals surface area contributed by atoms with Crippen LogP contribution in [-0.2, 0) is 11.2 Å². The van der Waals surface area contributed by atoms with E-state index < -0.39 is 0 Å². The first kappa shape index (κ1) is 14.0. The second-order valence-electron chi connectivity index (χ2n) is 4.90. The Hall–Kier alpha value is -0.390. The number of nitrogens with one attached hydrogen (secondary N) is 1. The fourth-order valence-corrected chi connectivity index (χ4v) is 4.03. The largest absolute Gasteiger partial charge is 0.355 e. The molecule has 1 aromatic heterocycles. The Bertz CT molecular complexity index is 413. The highest BCUT2D eigenvalue weighted by Crippen LogP contribution is 2.37. The lowest BCUT2D eigenvalue weighted by Crippen LogP contribution is -2.44. The molecule has 1 heterocycles. The number of halogens is 1. The highest BCUT2D eigenvalue weighted by molar-refractivity contribution is 9.11. The highest BCUT2D eigenvalue weighted by atomic mass is 79.9. The number of rotatable bonds is 5. The second kappa shape index (κ2) is 6.17. The summed E-state index contributed by atoms with van der Waals surface area (Å²) >= 11 is 5.16. The third kappa shape index (κ3) is 3.13. The maximum absolute atomic E-state index is 12.2. The molecule has 0 saturated heterocycles. The van der Waals surface area contributed by atoms with Crippen LogP contribution in [0.2, 0.25) is 0 Å². The first-order valence-electron chi connectivity index (χ1n) is 6.39. The van der Waals surface area contributed by atoms with Crippen LogP contribution in [0.25, 0.3) is 0 Å². The van der Waals surface area contributed by atoms with Crippen LogP contribution in [0.3, 0.4) is 0 Å². The highest BCUT2D eigenvalue weighted by Gasteiger charge is 2.39. The molecule has 1 aromatic rings. The minimum Gasteiger partial charge on any atom is -0.355 e. The number of carbonyl (C=O) groups excluding carboxylic acids is 1. The van der Waals surface area contributed by atoms with Crippen molar-refractivity contribution in [2.45, 2.75) is 32.1 Å². The van der Waals surface area contributed by atoms with Crippen LogP contribution >= 0.6 is 27.3 Å². The van der Waals surface area contributed by atoms with Crippen LogP contribution in [-0.4, -0.2) is 19.0 Å². The second-order valence-corrected chi connectivity index (χ2v) is 7.45. The summed E-state index contributed by atoms with van der Waals surface area (Å²) in [6.07, 6.45) is 5.04. The molecule has 0 radical (unpaired) electrons. The van der Waals surface area contributed by atoms with Gasteiger partial charge in [0.15, 0.2) is 0 Å². The molecule has 100 valence electrons. The van der Waals surface area contributed by atoms with E-state index in [1.807, 2.05) is 6.07 Å². The topological polar surface area (TPSA) is 55.1 Å². The van der Waals surface area contributed by atoms with E-state index in [9.17, 15) is 4.79 Å². The first-order valence-corrected chi connectivity index (χ1v) is 8.00. The molecule has 1 amide bonds. The van der Waals surface area contributed by atoms with Crippen molar-refractivity contribution >= 4 is 33.2 Å². The third-order valence-corrected chi connectivity index (χ3v) is 5.40. The van der Waals surface area contributed by atoms with Gasteiger partial charge in [-0.2, -0.15) is 0 Å². The van der Waals surface area contributed by atoms with Gasteiger partial charge in [0.05, 0.1) is 9.20 Å². The summed E-state index contributed by atoms with van der Waals surface area (Å²) in [7, 11) is 0. The Morgan fingerprint density at radius 3 is 2.72 bits per heavy atom. The standard InChI is InChI=1S/C13H19BrN2OS/c14-11-4-3-10(18-11)5-8-16-12(17)13(9-15)6-1-2-7-13/h3-4H,1-2,5-9,15H2,(H,16,17). The van der Waals surface area contributed by atoms with E-state index in [4.69, 9.17) is 5.73 Å². The molecular formula is C13H19BrN2OS. The van der Waals surface area contributed by atoms with E-state index in [-0.39, 0.29) is 11.3 Å². The monoisotopic (exact) mass is 330 g/mol. The van der Waals surface area contributed by atoms with Crippen LogP contribution in [0.4, 0.5) is 0 Å². The Labute approximate surface area is 120 Å². The van der Waals surface area contributed by atoms with Crippen LogP contribution in [0.5, 0.6) is 0 Å². The minimum atomic E-state index is -0.282. The molecule has 5 heteroatoms. The molecular weight excluding hydrogens is 312 g/mol. The van der Waals surface area contributed by atoms with Crippen LogP contribution in [0.15, 0.2) is 15.9 Å². The van der Waals surface area contributed by atoms with Gasteiger partial charge in [0.2, 0.25) is 5.91 Å². The Kier molecular flexibility index (Phi) is 4.81. The number of thiophene rings is 1. The lowest BCUT2D eigenvalue weighted by atomic mass is 9.85. The predicted molar refractivity (Wildman–Crippen MR) is 78.7 cm³/mol. The summed E-state index contributed by atoms with van der Waals surface area (Å²) in [6, 6.07) is 4.13. The van der Waals surface area contributed by atoms with Crippen LogP contribution in [0, 0.1) is 5.41 Å². The number of carbonyl (C=O) groups is 1. The quantitative estimate of drug-likeness (QED) is 0.872. The van der Waals surface area contributed by atoms with E-state index in [1.165, 1.54) is 4.88 Å². The van der Waals surface area contributed by atoms with Gasteiger partial charge in [-0.05, 0) is 47.3 Å². The molecule has 1 saturated carbocycles. The summed E-state index contributed by atoms with van der Waals surface area (Å²) in [4.78, 5) is 13.5. The van der Waals surface area contributed by atoms with Gasteiger partial charge in [-0.1, -0.05) is 12.8 Å². The lowest BCUT2D eigenvalue weighted by Gasteiger charge is -2.25. The summed E-state index contributed by atoms with van der Waals surface area (Å²) in [5, 5.41) is 3.05. The fourth-order valence-electron chi connectivity index (χ4n) is 2.55. The van der Waals surface area contributed by atoms with Crippen molar-refractivity contribution in [1.82, 2.24) is 5.32 Å². The van der Waals surface area contributed by atoms with Gasteiger partial charge in [0.1, 0.15) is 0 Å². The van der Waals surface area contributed by atoms with E-state index in [1.54, 1.807) is 11.3 Å². The first-order chi connectivity index (χ1) is 8.66. The van der Waals surface area contributed by atoms with Gasteiger partial charge in [0.25, 0.3) is 0 Å². The fraction of sp³-hybridized carbons (Fsp3) is 0.615. The zero-order chi connectivity index (χ0) is 13.0. The Balaban J connectivity index is 1.81. The molecule has 0 aromatic carbocycles. The molecule has 0 aliphatic heterocycles. The molecule has 0 unspecified atom stereocenters. The van der Waals surface area contributed by atoms with E-state index >= 15 is 0 Å². The van der Waals surface area contributed by atoms with Crippen molar-refractivity contribution in [3.63, 3.8) is 0 Å². The molecule has 0 spiro atoms. The summed E-state index contributed by atoms with van der Waals surface area (Å²) < 4.78 is 1.14. The number of hydrogen-bond acceptors (Lipinski definition) is 3. The van der Waals surface area contributed by atoms with E-state index in [0.29, 0.717) is 13.1 Å². The van der Waals surface area contributed by atoms with Crippen LogP contribution < -0.4 is 11.1 Å². The van der Waals surface area contributed by atoms with Crippen molar-refractivity contribution in [2.24, 2.45) is 11.1 Å². The normalized spacial score (nSPS) is 17.9. The number of hydrogen-bond donors (Lipinski definition) is 2. The Morgan fingerprint density at radius 2 is 2.17 bits per heavy atom. The predicted octanol–water partition coefficient (Wildman–Crippen LogP) is 2.69. The molecule has 3 N–H and O–H groups in total. The van der Waals surface area contributed by atoms with Gasteiger partial charge >= 0.3 is 0 Å². The van der Waals surface area contributed by atoms with Gasteiger partial charge < -0.3 is 11.1 Å². The van der Waals surface area contributed by atoms with E-state index in [0.717, 1.165) is 35.9 Å².